The summed E-state index contributed by atoms with van der Waals surface area (Å²) in [7, 11) is 1.84. The van der Waals surface area contributed by atoms with E-state index < -0.39 is 0 Å². The molecule has 0 spiro atoms. The Labute approximate surface area is 111 Å². The van der Waals surface area contributed by atoms with Crippen LogP contribution >= 0.6 is 11.6 Å². The Balaban J connectivity index is 2.06. The van der Waals surface area contributed by atoms with Gasteiger partial charge in [0, 0.05) is 7.05 Å². The topological polar surface area (TPSA) is 47.3 Å². The van der Waals surface area contributed by atoms with E-state index in [0.717, 1.165) is 22.7 Å². The number of benzene rings is 1. The molecule has 2 aromatic rings. The molecule has 0 aliphatic carbocycles. The van der Waals surface area contributed by atoms with E-state index in [1.54, 1.807) is 4.68 Å². The number of ether oxygens (including phenoxy) is 1. The van der Waals surface area contributed by atoms with Crippen LogP contribution in [0.2, 0.25) is 5.02 Å². The van der Waals surface area contributed by atoms with Crippen molar-refractivity contribution in [1.82, 2.24) is 9.78 Å². The Bertz CT molecular complexity index is 535. The maximum Gasteiger partial charge on any atom is 0.131 e. The van der Waals surface area contributed by atoms with Crippen molar-refractivity contribution >= 4 is 11.6 Å². The molecule has 0 aliphatic rings. The molecule has 0 saturated heterocycles. The monoisotopic (exact) mass is 266 g/mol. The maximum absolute atomic E-state index is 8.94. The number of nitrogens with zero attached hydrogens (tertiary/aromatic N) is 2. The van der Waals surface area contributed by atoms with Gasteiger partial charge in [0.1, 0.15) is 12.4 Å². The molecular formula is C13H15ClN2O2. The molecule has 1 N–H and O–H groups in total. The first-order valence-electron chi connectivity index (χ1n) is 5.62. The SMILES string of the molecule is Cc1nn(C)c(COc2ccc(CO)cc2)c1Cl. The molecule has 1 heterocycles. The molecule has 2 rings (SSSR count). The summed E-state index contributed by atoms with van der Waals surface area (Å²) in [5.74, 6) is 0.738. The van der Waals surface area contributed by atoms with E-state index >= 15 is 0 Å². The van der Waals surface area contributed by atoms with Crippen LogP contribution in [0.3, 0.4) is 0 Å². The van der Waals surface area contributed by atoms with Crippen molar-refractivity contribution < 1.29 is 9.84 Å². The van der Waals surface area contributed by atoms with Crippen LogP contribution in [-0.4, -0.2) is 14.9 Å². The number of aliphatic hydroxyl groups excluding tert-OH is 1. The summed E-state index contributed by atoms with van der Waals surface area (Å²) in [4.78, 5) is 0. The predicted molar refractivity (Wildman–Crippen MR) is 69.7 cm³/mol. The third kappa shape index (κ3) is 2.66. The van der Waals surface area contributed by atoms with Gasteiger partial charge in [-0.3, -0.25) is 4.68 Å². The number of aryl methyl sites for hydroxylation is 2. The van der Waals surface area contributed by atoms with Gasteiger partial charge in [-0.05, 0) is 24.6 Å². The third-order valence-electron chi connectivity index (χ3n) is 2.74. The highest BCUT2D eigenvalue weighted by molar-refractivity contribution is 6.31. The van der Waals surface area contributed by atoms with Crippen molar-refractivity contribution in [3.05, 3.63) is 46.2 Å². The van der Waals surface area contributed by atoms with Crippen LogP contribution in [-0.2, 0) is 20.3 Å². The van der Waals surface area contributed by atoms with Crippen molar-refractivity contribution in [3.63, 3.8) is 0 Å². The van der Waals surface area contributed by atoms with Gasteiger partial charge in [0.25, 0.3) is 0 Å². The number of halogens is 1. The van der Waals surface area contributed by atoms with Crippen molar-refractivity contribution in [2.24, 2.45) is 7.05 Å². The molecule has 0 amide bonds. The van der Waals surface area contributed by atoms with E-state index in [-0.39, 0.29) is 6.61 Å². The zero-order valence-electron chi connectivity index (χ0n) is 10.4. The maximum atomic E-state index is 8.94. The van der Waals surface area contributed by atoms with Crippen LogP contribution in [0.1, 0.15) is 17.0 Å². The van der Waals surface area contributed by atoms with Gasteiger partial charge in [-0.2, -0.15) is 5.10 Å². The summed E-state index contributed by atoms with van der Waals surface area (Å²) in [6, 6.07) is 7.29. The Morgan fingerprint density at radius 3 is 2.50 bits per heavy atom. The molecule has 18 heavy (non-hydrogen) atoms. The average Bonchev–Trinajstić information content (AvgIpc) is 2.62. The summed E-state index contributed by atoms with van der Waals surface area (Å²) in [6.45, 7) is 2.27. The molecule has 0 saturated carbocycles. The normalized spacial score (nSPS) is 10.7. The van der Waals surface area contributed by atoms with E-state index in [2.05, 4.69) is 5.10 Å². The number of hydrogen-bond acceptors (Lipinski definition) is 3. The highest BCUT2D eigenvalue weighted by atomic mass is 35.5. The smallest absolute Gasteiger partial charge is 0.131 e. The molecule has 0 aliphatic heterocycles. The van der Waals surface area contributed by atoms with E-state index in [1.165, 1.54) is 0 Å². The van der Waals surface area contributed by atoms with Crippen LogP contribution in [0.15, 0.2) is 24.3 Å². The number of hydrogen-bond donors (Lipinski definition) is 1. The van der Waals surface area contributed by atoms with Gasteiger partial charge in [0.05, 0.1) is 23.0 Å². The van der Waals surface area contributed by atoms with Gasteiger partial charge >= 0.3 is 0 Å². The minimum atomic E-state index is 0.0348. The summed E-state index contributed by atoms with van der Waals surface area (Å²) in [5, 5.41) is 13.8. The zero-order chi connectivity index (χ0) is 13.1. The van der Waals surface area contributed by atoms with Gasteiger partial charge in [-0.15, -0.1) is 0 Å². The Morgan fingerprint density at radius 1 is 1.33 bits per heavy atom. The van der Waals surface area contributed by atoms with E-state index in [4.69, 9.17) is 21.4 Å². The largest absolute Gasteiger partial charge is 0.487 e. The zero-order valence-corrected chi connectivity index (χ0v) is 11.1. The minimum absolute atomic E-state index is 0.0348. The molecule has 96 valence electrons. The van der Waals surface area contributed by atoms with Crippen LogP contribution in [0.5, 0.6) is 5.75 Å². The van der Waals surface area contributed by atoms with E-state index in [9.17, 15) is 0 Å². The van der Waals surface area contributed by atoms with Crippen LogP contribution in [0.4, 0.5) is 0 Å². The second kappa shape index (κ2) is 5.42. The highest BCUT2D eigenvalue weighted by Crippen LogP contribution is 2.21. The molecule has 0 unspecified atom stereocenters. The van der Waals surface area contributed by atoms with Crippen molar-refractivity contribution in [2.75, 3.05) is 0 Å². The third-order valence-corrected chi connectivity index (χ3v) is 3.23. The lowest BCUT2D eigenvalue weighted by atomic mass is 10.2. The Morgan fingerprint density at radius 2 is 2.00 bits per heavy atom. The van der Waals surface area contributed by atoms with Crippen molar-refractivity contribution in [3.8, 4) is 5.75 Å². The van der Waals surface area contributed by atoms with Crippen LogP contribution in [0, 0.1) is 6.92 Å². The second-order valence-electron chi connectivity index (χ2n) is 4.06. The Hall–Kier alpha value is -1.52. The minimum Gasteiger partial charge on any atom is -0.487 e. The Kier molecular flexibility index (Phi) is 3.89. The number of rotatable bonds is 4. The van der Waals surface area contributed by atoms with Crippen LogP contribution < -0.4 is 4.74 Å². The van der Waals surface area contributed by atoms with E-state index in [0.29, 0.717) is 11.6 Å². The average molecular weight is 267 g/mol. The molecule has 1 aromatic heterocycles. The van der Waals surface area contributed by atoms with Crippen molar-refractivity contribution in [1.29, 1.82) is 0 Å². The van der Waals surface area contributed by atoms with Gasteiger partial charge in [0.2, 0.25) is 0 Å². The fourth-order valence-corrected chi connectivity index (χ4v) is 1.89. The first-order valence-corrected chi connectivity index (χ1v) is 6.00. The first-order chi connectivity index (χ1) is 8.61. The number of aromatic nitrogens is 2. The molecule has 4 nitrogen and oxygen atoms in total. The molecule has 0 atom stereocenters. The van der Waals surface area contributed by atoms with Gasteiger partial charge in [0.15, 0.2) is 0 Å². The molecule has 5 heteroatoms. The standard InChI is InChI=1S/C13H15ClN2O2/c1-9-13(14)12(16(2)15-9)8-18-11-5-3-10(7-17)4-6-11/h3-6,17H,7-8H2,1-2H3. The fourth-order valence-electron chi connectivity index (χ4n) is 1.68. The van der Waals surface area contributed by atoms with Gasteiger partial charge in [-0.1, -0.05) is 23.7 Å². The molecular weight excluding hydrogens is 252 g/mol. The number of aliphatic hydroxyl groups is 1. The van der Waals surface area contributed by atoms with Gasteiger partial charge < -0.3 is 9.84 Å². The molecule has 0 bridgehead atoms. The van der Waals surface area contributed by atoms with Crippen molar-refractivity contribution in [2.45, 2.75) is 20.1 Å². The molecule has 1 aromatic carbocycles. The molecule has 0 fully saturated rings. The first kappa shape index (κ1) is 12.9. The van der Waals surface area contributed by atoms with E-state index in [1.807, 2.05) is 38.2 Å². The van der Waals surface area contributed by atoms with Gasteiger partial charge in [-0.25, -0.2) is 0 Å². The summed E-state index contributed by atoms with van der Waals surface area (Å²) in [6.07, 6.45) is 0. The fraction of sp³-hybridized carbons (Fsp3) is 0.308. The summed E-state index contributed by atoms with van der Waals surface area (Å²) in [5.41, 5.74) is 2.51. The quantitative estimate of drug-likeness (QED) is 0.925. The summed E-state index contributed by atoms with van der Waals surface area (Å²) >= 11 is 6.13. The highest BCUT2D eigenvalue weighted by Gasteiger charge is 2.11. The molecule has 0 radical (unpaired) electrons. The van der Waals surface area contributed by atoms with Crippen LogP contribution in [0.25, 0.3) is 0 Å². The lowest BCUT2D eigenvalue weighted by Crippen LogP contribution is -2.03. The predicted octanol–water partition coefficient (Wildman–Crippen LogP) is 2.45. The lowest BCUT2D eigenvalue weighted by Gasteiger charge is -2.07. The lowest BCUT2D eigenvalue weighted by molar-refractivity contribution is 0.280. The second-order valence-corrected chi connectivity index (χ2v) is 4.44. The summed E-state index contributed by atoms with van der Waals surface area (Å²) < 4.78 is 7.36.